The Labute approximate surface area is 90.9 Å². The first kappa shape index (κ1) is 11.9. The number of rotatable bonds is 4. The number of hydrogen-bond donors (Lipinski definition) is 2. The first-order valence-corrected chi connectivity index (χ1v) is 5.23. The highest BCUT2D eigenvalue weighted by atomic mass is 16.5. The van der Waals surface area contributed by atoms with E-state index in [9.17, 15) is 5.11 Å². The van der Waals surface area contributed by atoms with Crippen molar-refractivity contribution in [1.29, 1.82) is 0 Å². The molecule has 1 rings (SSSR count). The Morgan fingerprint density at radius 3 is 2.67 bits per heavy atom. The Kier molecular flexibility index (Phi) is 3.97. The third kappa shape index (κ3) is 2.42. The number of para-hydroxylation sites is 1. The number of phenols is 1. The predicted octanol–water partition coefficient (Wildman–Crippen LogP) is 2.45. The van der Waals surface area contributed by atoms with Crippen LogP contribution in [0.15, 0.2) is 18.2 Å². The van der Waals surface area contributed by atoms with Crippen LogP contribution < -0.4 is 10.5 Å². The van der Waals surface area contributed by atoms with Crippen LogP contribution in [0.5, 0.6) is 11.5 Å². The van der Waals surface area contributed by atoms with Crippen molar-refractivity contribution in [2.24, 2.45) is 11.7 Å². The summed E-state index contributed by atoms with van der Waals surface area (Å²) in [6.45, 7) is 4.16. The number of aromatic hydroxyl groups is 1. The van der Waals surface area contributed by atoms with Gasteiger partial charge in [-0.15, -0.1) is 0 Å². The molecule has 0 heterocycles. The fraction of sp³-hybridized carbons (Fsp3) is 0.500. The van der Waals surface area contributed by atoms with Gasteiger partial charge in [-0.25, -0.2) is 0 Å². The molecule has 3 nitrogen and oxygen atoms in total. The van der Waals surface area contributed by atoms with E-state index in [1.54, 1.807) is 6.07 Å². The van der Waals surface area contributed by atoms with Crippen molar-refractivity contribution in [1.82, 2.24) is 0 Å². The van der Waals surface area contributed by atoms with Gasteiger partial charge in [0.1, 0.15) is 0 Å². The Hall–Kier alpha value is -1.22. The molecule has 1 aromatic carbocycles. The van der Waals surface area contributed by atoms with Crippen LogP contribution in [-0.2, 0) is 0 Å². The molecule has 1 unspecified atom stereocenters. The van der Waals surface area contributed by atoms with Gasteiger partial charge in [0, 0.05) is 11.6 Å². The molecule has 0 saturated heterocycles. The first-order valence-electron chi connectivity index (χ1n) is 5.23. The topological polar surface area (TPSA) is 55.5 Å². The van der Waals surface area contributed by atoms with Gasteiger partial charge in [-0.3, -0.25) is 0 Å². The summed E-state index contributed by atoms with van der Waals surface area (Å²) in [7, 11) is 1.54. The fourth-order valence-electron chi connectivity index (χ4n) is 1.53. The zero-order chi connectivity index (χ0) is 11.4. The first-order chi connectivity index (χ1) is 7.11. The number of methoxy groups -OCH3 is 1. The van der Waals surface area contributed by atoms with Crippen LogP contribution in [0, 0.1) is 5.92 Å². The fourth-order valence-corrected chi connectivity index (χ4v) is 1.53. The van der Waals surface area contributed by atoms with Crippen LogP contribution >= 0.6 is 0 Å². The molecule has 0 fully saturated rings. The monoisotopic (exact) mass is 209 g/mol. The summed E-state index contributed by atoms with van der Waals surface area (Å²) in [5.41, 5.74) is 6.81. The molecule has 1 aromatic rings. The van der Waals surface area contributed by atoms with Crippen molar-refractivity contribution in [3.8, 4) is 11.5 Å². The highest BCUT2D eigenvalue weighted by molar-refractivity contribution is 5.46. The Morgan fingerprint density at radius 1 is 1.47 bits per heavy atom. The van der Waals surface area contributed by atoms with Crippen molar-refractivity contribution in [2.45, 2.75) is 26.3 Å². The summed E-state index contributed by atoms with van der Waals surface area (Å²) < 4.78 is 5.04. The number of nitrogens with two attached hydrogens (primary N) is 1. The standard InChI is InChI=1S/C12H19NO2/c1-4-8(2)11(13)9-6-5-7-10(15-3)12(9)14/h5-8,11,14H,4,13H2,1-3H3/t8?,11-/m0/s1. The summed E-state index contributed by atoms with van der Waals surface area (Å²) in [5.74, 6) is 0.974. The highest BCUT2D eigenvalue weighted by Crippen LogP contribution is 2.35. The second-order valence-electron chi connectivity index (χ2n) is 3.81. The number of benzene rings is 1. The van der Waals surface area contributed by atoms with E-state index in [-0.39, 0.29) is 11.8 Å². The minimum atomic E-state index is -0.148. The number of phenolic OH excluding ortho intramolecular Hbond substituents is 1. The summed E-state index contributed by atoms with van der Waals surface area (Å²) in [6.07, 6.45) is 0.984. The van der Waals surface area contributed by atoms with E-state index in [1.165, 1.54) is 7.11 Å². The summed E-state index contributed by atoms with van der Waals surface area (Å²) >= 11 is 0. The molecular weight excluding hydrogens is 190 g/mol. The van der Waals surface area contributed by atoms with E-state index < -0.39 is 0 Å². The molecule has 0 radical (unpaired) electrons. The molecule has 0 aliphatic heterocycles. The minimum Gasteiger partial charge on any atom is -0.504 e. The Bertz CT molecular complexity index is 325. The molecule has 3 heteroatoms. The van der Waals surface area contributed by atoms with Gasteiger partial charge < -0.3 is 15.6 Å². The average Bonchev–Trinajstić information content (AvgIpc) is 2.27. The molecule has 84 valence electrons. The maximum Gasteiger partial charge on any atom is 0.162 e. The van der Waals surface area contributed by atoms with Crippen molar-refractivity contribution >= 4 is 0 Å². The molecule has 15 heavy (non-hydrogen) atoms. The van der Waals surface area contributed by atoms with Gasteiger partial charge in [-0.1, -0.05) is 32.4 Å². The zero-order valence-electron chi connectivity index (χ0n) is 9.53. The van der Waals surface area contributed by atoms with Crippen LogP contribution in [0.4, 0.5) is 0 Å². The van der Waals surface area contributed by atoms with Gasteiger partial charge in [0.15, 0.2) is 11.5 Å². The maximum absolute atomic E-state index is 9.90. The Morgan fingerprint density at radius 2 is 2.13 bits per heavy atom. The lowest BCUT2D eigenvalue weighted by Crippen LogP contribution is -2.18. The second kappa shape index (κ2) is 5.03. The van der Waals surface area contributed by atoms with Crippen LogP contribution in [0.25, 0.3) is 0 Å². The summed E-state index contributed by atoms with van der Waals surface area (Å²) in [6, 6.07) is 5.26. The lowest BCUT2D eigenvalue weighted by molar-refractivity contribution is 0.361. The van der Waals surface area contributed by atoms with Gasteiger partial charge in [0.25, 0.3) is 0 Å². The molecule has 0 aromatic heterocycles. The zero-order valence-corrected chi connectivity index (χ0v) is 9.53. The second-order valence-corrected chi connectivity index (χ2v) is 3.81. The van der Waals surface area contributed by atoms with Gasteiger partial charge in [-0.05, 0) is 12.0 Å². The van der Waals surface area contributed by atoms with E-state index in [1.807, 2.05) is 12.1 Å². The summed E-state index contributed by atoms with van der Waals surface area (Å²) in [4.78, 5) is 0. The molecule has 0 aliphatic rings. The third-order valence-corrected chi connectivity index (χ3v) is 2.87. The van der Waals surface area contributed by atoms with Gasteiger partial charge in [-0.2, -0.15) is 0 Å². The van der Waals surface area contributed by atoms with Gasteiger partial charge in [0.2, 0.25) is 0 Å². The number of hydrogen-bond acceptors (Lipinski definition) is 3. The molecule has 0 aliphatic carbocycles. The predicted molar refractivity (Wildman–Crippen MR) is 61.0 cm³/mol. The molecule has 0 amide bonds. The van der Waals surface area contributed by atoms with Crippen LogP contribution in [-0.4, -0.2) is 12.2 Å². The smallest absolute Gasteiger partial charge is 0.162 e. The van der Waals surface area contributed by atoms with Crippen molar-refractivity contribution in [3.05, 3.63) is 23.8 Å². The van der Waals surface area contributed by atoms with Crippen molar-refractivity contribution in [2.75, 3.05) is 7.11 Å². The normalized spacial score (nSPS) is 14.7. The van der Waals surface area contributed by atoms with Crippen LogP contribution in [0.1, 0.15) is 31.9 Å². The lowest BCUT2D eigenvalue weighted by atomic mass is 9.92. The average molecular weight is 209 g/mol. The third-order valence-electron chi connectivity index (χ3n) is 2.87. The molecule has 0 saturated carbocycles. The largest absolute Gasteiger partial charge is 0.504 e. The summed E-state index contributed by atoms with van der Waals surface area (Å²) in [5, 5.41) is 9.90. The maximum atomic E-state index is 9.90. The molecule has 2 atom stereocenters. The highest BCUT2D eigenvalue weighted by Gasteiger charge is 2.18. The van der Waals surface area contributed by atoms with E-state index in [4.69, 9.17) is 10.5 Å². The molecular formula is C12H19NO2. The molecule has 3 N–H and O–H groups in total. The van der Waals surface area contributed by atoms with Crippen LogP contribution in [0.2, 0.25) is 0 Å². The van der Waals surface area contributed by atoms with E-state index in [0.29, 0.717) is 11.7 Å². The van der Waals surface area contributed by atoms with Gasteiger partial charge >= 0.3 is 0 Å². The Balaban J connectivity index is 3.03. The van der Waals surface area contributed by atoms with E-state index in [0.717, 1.165) is 12.0 Å². The van der Waals surface area contributed by atoms with Crippen molar-refractivity contribution in [3.63, 3.8) is 0 Å². The molecule has 0 bridgehead atoms. The minimum absolute atomic E-state index is 0.148. The van der Waals surface area contributed by atoms with E-state index >= 15 is 0 Å². The van der Waals surface area contributed by atoms with Crippen LogP contribution in [0.3, 0.4) is 0 Å². The lowest BCUT2D eigenvalue weighted by Gasteiger charge is -2.20. The van der Waals surface area contributed by atoms with E-state index in [2.05, 4.69) is 13.8 Å². The molecule has 0 spiro atoms. The SMILES string of the molecule is CCC(C)[C@H](N)c1cccc(OC)c1O. The van der Waals surface area contributed by atoms with Crippen molar-refractivity contribution < 1.29 is 9.84 Å². The van der Waals surface area contributed by atoms with Gasteiger partial charge in [0.05, 0.1) is 7.11 Å². The number of ether oxygens (including phenoxy) is 1. The quantitative estimate of drug-likeness (QED) is 0.800.